The summed E-state index contributed by atoms with van der Waals surface area (Å²) < 4.78 is 26.6. The molecule has 2 N–H and O–H groups in total. The van der Waals surface area contributed by atoms with E-state index < -0.39 is 22.0 Å². The molecule has 0 spiro atoms. The maximum absolute atomic E-state index is 12.6. The Morgan fingerprint density at radius 1 is 1.48 bits per heavy atom. The first kappa shape index (κ1) is 16.7. The van der Waals surface area contributed by atoms with Gasteiger partial charge in [0.25, 0.3) is 0 Å². The first-order chi connectivity index (χ1) is 9.78. The van der Waals surface area contributed by atoms with Crippen LogP contribution in [0, 0.1) is 0 Å². The molecule has 1 fully saturated rings. The van der Waals surface area contributed by atoms with Gasteiger partial charge in [-0.15, -0.1) is 0 Å². The molecule has 21 heavy (non-hydrogen) atoms. The molecule has 2 rings (SSSR count). The van der Waals surface area contributed by atoms with Gasteiger partial charge in [-0.05, 0) is 40.9 Å². The van der Waals surface area contributed by atoms with Crippen LogP contribution < -0.4 is 0 Å². The highest BCUT2D eigenvalue weighted by atomic mass is 79.9. The molecule has 1 aliphatic heterocycles. The summed E-state index contributed by atoms with van der Waals surface area (Å²) in [5.74, 6) is -1.31. The first-order valence-electron chi connectivity index (χ1n) is 6.14. The van der Waals surface area contributed by atoms with Gasteiger partial charge in [-0.1, -0.05) is 11.6 Å². The number of carbonyl (C=O) groups is 1. The highest BCUT2D eigenvalue weighted by Gasteiger charge is 2.35. The Morgan fingerprint density at radius 3 is 2.71 bits per heavy atom. The largest absolute Gasteiger partial charge is 0.478 e. The lowest BCUT2D eigenvalue weighted by atomic mass is 10.2. The van der Waals surface area contributed by atoms with Gasteiger partial charge in [0.2, 0.25) is 10.0 Å². The maximum atomic E-state index is 12.6. The Bertz CT molecular complexity index is 678. The average Bonchev–Trinajstić information content (AvgIpc) is 2.90. The van der Waals surface area contributed by atoms with Crippen molar-refractivity contribution in [2.45, 2.75) is 23.8 Å². The Labute approximate surface area is 135 Å². The van der Waals surface area contributed by atoms with E-state index in [9.17, 15) is 18.3 Å². The summed E-state index contributed by atoms with van der Waals surface area (Å²) in [7, 11) is -3.87. The fourth-order valence-corrected chi connectivity index (χ4v) is 4.85. The van der Waals surface area contributed by atoms with Crippen molar-refractivity contribution in [3.63, 3.8) is 0 Å². The summed E-state index contributed by atoms with van der Waals surface area (Å²) >= 11 is 8.92. The number of carboxylic acids is 1. The van der Waals surface area contributed by atoms with Gasteiger partial charge in [0.1, 0.15) is 0 Å². The summed E-state index contributed by atoms with van der Waals surface area (Å²) in [5, 5.41) is 18.3. The van der Waals surface area contributed by atoms with Crippen LogP contribution in [-0.2, 0) is 10.0 Å². The molecule has 0 aromatic heterocycles. The van der Waals surface area contributed by atoms with Crippen molar-refractivity contribution < 1.29 is 23.4 Å². The Balaban J connectivity index is 2.53. The van der Waals surface area contributed by atoms with E-state index >= 15 is 0 Å². The van der Waals surface area contributed by atoms with Crippen LogP contribution >= 0.6 is 27.5 Å². The molecule has 1 atom stereocenters. The predicted octanol–water partition coefficient (Wildman–Crippen LogP) is 1.95. The van der Waals surface area contributed by atoms with Gasteiger partial charge in [-0.2, -0.15) is 4.31 Å². The van der Waals surface area contributed by atoms with E-state index in [1.807, 2.05) is 0 Å². The van der Waals surface area contributed by atoms with Crippen LogP contribution in [0.3, 0.4) is 0 Å². The Morgan fingerprint density at radius 2 is 2.14 bits per heavy atom. The first-order valence-corrected chi connectivity index (χ1v) is 8.75. The average molecular weight is 399 g/mol. The molecule has 0 bridgehead atoms. The maximum Gasteiger partial charge on any atom is 0.337 e. The number of rotatable bonds is 4. The predicted molar refractivity (Wildman–Crippen MR) is 80.1 cm³/mol. The summed E-state index contributed by atoms with van der Waals surface area (Å²) in [6.45, 7) is 0.0377. The van der Waals surface area contributed by atoms with Crippen molar-refractivity contribution in [2.75, 3.05) is 13.2 Å². The van der Waals surface area contributed by atoms with Crippen LogP contribution in [0.4, 0.5) is 0 Å². The van der Waals surface area contributed by atoms with Crippen LogP contribution in [0.2, 0.25) is 5.02 Å². The van der Waals surface area contributed by atoms with Crippen molar-refractivity contribution in [1.82, 2.24) is 4.31 Å². The lowest BCUT2D eigenvalue weighted by molar-refractivity contribution is 0.0696. The van der Waals surface area contributed by atoms with Gasteiger partial charge in [0.15, 0.2) is 0 Å². The number of halogens is 2. The zero-order chi connectivity index (χ0) is 15.8. The molecule has 0 unspecified atom stereocenters. The van der Waals surface area contributed by atoms with Crippen LogP contribution in [0.1, 0.15) is 23.2 Å². The summed E-state index contributed by atoms with van der Waals surface area (Å²) in [5.41, 5.74) is -0.288. The van der Waals surface area contributed by atoms with Gasteiger partial charge in [-0.3, -0.25) is 0 Å². The van der Waals surface area contributed by atoms with Crippen LogP contribution in [0.15, 0.2) is 21.5 Å². The fourth-order valence-electron chi connectivity index (χ4n) is 2.31. The summed E-state index contributed by atoms with van der Waals surface area (Å²) in [6, 6.07) is 1.84. The molecule has 6 nitrogen and oxygen atoms in total. The fraction of sp³-hybridized carbons (Fsp3) is 0.417. The van der Waals surface area contributed by atoms with E-state index in [2.05, 4.69) is 15.9 Å². The van der Waals surface area contributed by atoms with Gasteiger partial charge < -0.3 is 10.2 Å². The minimum atomic E-state index is -3.87. The minimum absolute atomic E-state index is 0.0541. The van der Waals surface area contributed by atoms with Crippen molar-refractivity contribution in [3.8, 4) is 0 Å². The SMILES string of the molecule is O=C(O)c1cc(S(=O)(=O)N2CCC[C@H]2CO)cc(Br)c1Cl. The monoisotopic (exact) mass is 397 g/mol. The quantitative estimate of drug-likeness (QED) is 0.808. The molecule has 9 heteroatoms. The van der Waals surface area contributed by atoms with Gasteiger partial charge in [0.05, 0.1) is 22.1 Å². The lowest BCUT2D eigenvalue weighted by Crippen LogP contribution is -2.37. The molecule has 1 heterocycles. The van der Waals surface area contributed by atoms with E-state index in [-0.39, 0.29) is 26.6 Å². The minimum Gasteiger partial charge on any atom is -0.478 e. The third-order valence-corrected chi connectivity index (χ3v) is 6.56. The third-order valence-electron chi connectivity index (χ3n) is 3.37. The highest BCUT2D eigenvalue weighted by molar-refractivity contribution is 9.10. The Hall–Kier alpha value is -0.670. The molecule has 0 aliphatic carbocycles. The second kappa shape index (κ2) is 6.21. The van der Waals surface area contributed by atoms with E-state index in [4.69, 9.17) is 16.7 Å². The highest BCUT2D eigenvalue weighted by Crippen LogP contribution is 2.33. The van der Waals surface area contributed by atoms with Crippen LogP contribution in [0.25, 0.3) is 0 Å². The zero-order valence-corrected chi connectivity index (χ0v) is 13.9. The van der Waals surface area contributed by atoms with Gasteiger partial charge in [-0.25, -0.2) is 13.2 Å². The molecule has 0 amide bonds. The summed E-state index contributed by atoms with van der Waals surface area (Å²) in [6.07, 6.45) is 1.24. The standard InChI is InChI=1S/C12H13BrClNO5S/c13-10-5-8(4-9(11(10)14)12(17)18)21(19,20)15-3-1-2-7(15)6-16/h4-5,7,16H,1-3,6H2,(H,17,18)/t7-/m0/s1. The molecule has 1 saturated heterocycles. The number of aliphatic hydroxyl groups is 1. The molecule has 0 radical (unpaired) electrons. The van der Waals surface area contributed by atoms with Crippen molar-refractivity contribution in [3.05, 3.63) is 27.2 Å². The number of aliphatic hydroxyl groups excluding tert-OH is 1. The molecule has 116 valence electrons. The smallest absolute Gasteiger partial charge is 0.337 e. The molecule has 1 aliphatic rings. The van der Waals surface area contributed by atoms with Gasteiger partial charge in [0, 0.05) is 17.1 Å². The number of benzene rings is 1. The number of sulfonamides is 1. The zero-order valence-electron chi connectivity index (χ0n) is 10.8. The number of nitrogens with zero attached hydrogens (tertiary/aromatic N) is 1. The Kier molecular flexibility index (Phi) is 4.94. The van der Waals surface area contributed by atoms with Gasteiger partial charge >= 0.3 is 5.97 Å². The third kappa shape index (κ3) is 3.09. The second-order valence-corrected chi connectivity index (χ2v) is 7.79. The van der Waals surface area contributed by atoms with E-state index in [1.165, 1.54) is 10.4 Å². The van der Waals surface area contributed by atoms with E-state index in [0.29, 0.717) is 19.4 Å². The number of aromatic carboxylic acids is 1. The molecular weight excluding hydrogens is 386 g/mol. The van der Waals surface area contributed by atoms with Crippen molar-refractivity contribution in [2.24, 2.45) is 0 Å². The normalized spacial score (nSPS) is 19.9. The van der Waals surface area contributed by atoms with E-state index in [0.717, 1.165) is 6.07 Å². The van der Waals surface area contributed by atoms with E-state index in [1.54, 1.807) is 0 Å². The molecule has 1 aromatic rings. The topological polar surface area (TPSA) is 94.9 Å². The van der Waals surface area contributed by atoms with Crippen molar-refractivity contribution in [1.29, 1.82) is 0 Å². The second-order valence-electron chi connectivity index (χ2n) is 4.67. The number of hydrogen-bond acceptors (Lipinski definition) is 4. The summed E-state index contributed by atoms with van der Waals surface area (Å²) in [4.78, 5) is 11.0. The molecule has 0 saturated carbocycles. The van der Waals surface area contributed by atoms with Crippen molar-refractivity contribution >= 4 is 43.5 Å². The molecule has 1 aromatic carbocycles. The van der Waals surface area contributed by atoms with Crippen LogP contribution in [0.5, 0.6) is 0 Å². The van der Waals surface area contributed by atoms with Crippen LogP contribution in [-0.4, -0.2) is 48.1 Å². The molecular formula is C12H13BrClNO5S. The lowest BCUT2D eigenvalue weighted by Gasteiger charge is -2.22. The number of carboxylic acid groups (broad SMARTS) is 1. The number of hydrogen-bond donors (Lipinski definition) is 2.